The fourth-order valence-electron chi connectivity index (χ4n) is 2.60. The molecule has 1 aromatic rings. The van der Waals surface area contributed by atoms with Gasteiger partial charge in [-0.05, 0) is 18.4 Å². The first-order valence-electron chi connectivity index (χ1n) is 8.06. The molecule has 0 aliphatic carbocycles. The van der Waals surface area contributed by atoms with E-state index in [0.29, 0.717) is 13.1 Å². The second kappa shape index (κ2) is 9.02. The molecule has 1 atom stereocenters. The molecule has 0 aromatic heterocycles. The molecule has 7 heteroatoms. The highest BCUT2D eigenvalue weighted by molar-refractivity contribution is 5.88. The van der Waals surface area contributed by atoms with E-state index in [1.165, 1.54) is 0 Å². The van der Waals surface area contributed by atoms with Gasteiger partial charge in [-0.1, -0.05) is 30.3 Å². The van der Waals surface area contributed by atoms with Gasteiger partial charge < -0.3 is 15.4 Å². The lowest BCUT2D eigenvalue weighted by atomic mass is 10.1. The number of hydrogen-bond donors (Lipinski definition) is 2. The maximum absolute atomic E-state index is 12.4. The summed E-state index contributed by atoms with van der Waals surface area (Å²) in [5.74, 6) is -1.26. The number of rotatable bonds is 8. The minimum absolute atomic E-state index is 0.138. The molecule has 1 aliphatic rings. The average Bonchev–Trinajstić information content (AvgIpc) is 3.11. The fraction of sp³-hybridized carbons (Fsp3) is 0.471. The van der Waals surface area contributed by atoms with Crippen LogP contribution in [-0.4, -0.2) is 48.4 Å². The van der Waals surface area contributed by atoms with Gasteiger partial charge in [0.15, 0.2) is 0 Å². The van der Waals surface area contributed by atoms with E-state index in [-0.39, 0.29) is 25.5 Å². The van der Waals surface area contributed by atoms with Gasteiger partial charge in [-0.25, -0.2) is 0 Å². The molecule has 1 heterocycles. The van der Waals surface area contributed by atoms with Gasteiger partial charge in [-0.2, -0.15) is 0 Å². The molecule has 0 radical (unpaired) electrons. The molecule has 130 valence electrons. The molecular formula is C17H23N3O4. The summed E-state index contributed by atoms with van der Waals surface area (Å²) in [5.41, 5.74) is 6.09. The highest BCUT2D eigenvalue weighted by atomic mass is 16.5. The molecular weight excluding hydrogens is 310 g/mol. The van der Waals surface area contributed by atoms with Gasteiger partial charge in [0.25, 0.3) is 0 Å². The third kappa shape index (κ3) is 5.66. The molecule has 2 amide bonds. The SMILES string of the molecule is NC(=O)C[C@H](NCC(=O)OCc1ccccc1)C(=O)N1CCCC1. The van der Waals surface area contributed by atoms with Gasteiger partial charge in [-0.15, -0.1) is 0 Å². The van der Waals surface area contributed by atoms with Gasteiger partial charge >= 0.3 is 5.97 Å². The molecule has 1 saturated heterocycles. The summed E-state index contributed by atoms with van der Waals surface area (Å²) >= 11 is 0. The van der Waals surface area contributed by atoms with Crippen molar-refractivity contribution in [2.75, 3.05) is 19.6 Å². The normalized spacial score (nSPS) is 15.1. The smallest absolute Gasteiger partial charge is 0.320 e. The van der Waals surface area contributed by atoms with Gasteiger partial charge in [0.2, 0.25) is 11.8 Å². The zero-order valence-electron chi connectivity index (χ0n) is 13.6. The Bertz CT molecular complexity index is 570. The number of nitrogens with one attached hydrogen (secondary N) is 1. The van der Waals surface area contributed by atoms with Crippen molar-refractivity contribution < 1.29 is 19.1 Å². The molecule has 0 saturated carbocycles. The van der Waals surface area contributed by atoms with Crippen LogP contribution in [0.5, 0.6) is 0 Å². The van der Waals surface area contributed by atoms with Crippen molar-refractivity contribution >= 4 is 17.8 Å². The third-order valence-electron chi connectivity index (χ3n) is 3.86. The number of ether oxygens (including phenoxy) is 1. The van der Waals surface area contributed by atoms with E-state index >= 15 is 0 Å². The van der Waals surface area contributed by atoms with Crippen LogP contribution in [0.1, 0.15) is 24.8 Å². The quantitative estimate of drug-likeness (QED) is 0.661. The molecule has 7 nitrogen and oxygen atoms in total. The molecule has 0 spiro atoms. The van der Waals surface area contributed by atoms with Gasteiger partial charge in [0.05, 0.1) is 19.0 Å². The average molecular weight is 333 g/mol. The van der Waals surface area contributed by atoms with Crippen LogP contribution in [0.15, 0.2) is 30.3 Å². The fourth-order valence-corrected chi connectivity index (χ4v) is 2.60. The van der Waals surface area contributed by atoms with E-state index in [0.717, 1.165) is 18.4 Å². The number of carbonyl (C=O) groups excluding carboxylic acids is 3. The maximum Gasteiger partial charge on any atom is 0.320 e. The summed E-state index contributed by atoms with van der Waals surface area (Å²) in [6, 6.07) is 8.52. The lowest BCUT2D eigenvalue weighted by Gasteiger charge is -2.23. The number of benzene rings is 1. The van der Waals surface area contributed by atoms with Crippen LogP contribution < -0.4 is 11.1 Å². The van der Waals surface area contributed by atoms with Crippen molar-refractivity contribution in [3.63, 3.8) is 0 Å². The Labute approximate surface area is 141 Å². The number of nitrogens with two attached hydrogens (primary N) is 1. The predicted molar refractivity (Wildman–Crippen MR) is 87.7 cm³/mol. The number of primary amides is 1. The van der Waals surface area contributed by atoms with Crippen LogP contribution in [0.25, 0.3) is 0 Å². The van der Waals surface area contributed by atoms with Crippen molar-refractivity contribution in [3.8, 4) is 0 Å². The van der Waals surface area contributed by atoms with Crippen LogP contribution in [-0.2, 0) is 25.7 Å². The topological polar surface area (TPSA) is 102 Å². The number of nitrogens with zero attached hydrogens (tertiary/aromatic N) is 1. The Morgan fingerprint density at radius 1 is 1.17 bits per heavy atom. The molecule has 3 N–H and O–H groups in total. The van der Waals surface area contributed by atoms with E-state index in [9.17, 15) is 14.4 Å². The minimum atomic E-state index is -0.787. The molecule has 0 bridgehead atoms. The highest BCUT2D eigenvalue weighted by Crippen LogP contribution is 2.10. The van der Waals surface area contributed by atoms with Gasteiger partial charge in [-0.3, -0.25) is 19.7 Å². The zero-order chi connectivity index (χ0) is 17.4. The first kappa shape index (κ1) is 17.9. The van der Waals surface area contributed by atoms with Crippen molar-refractivity contribution in [1.82, 2.24) is 10.2 Å². The van der Waals surface area contributed by atoms with Crippen LogP contribution in [0.4, 0.5) is 0 Å². The second-order valence-corrected chi connectivity index (χ2v) is 5.78. The molecule has 1 aliphatic heterocycles. The number of carbonyl (C=O) groups is 3. The molecule has 2 rings (SSSR count). The Morgan fingerprint density at radius 3 is 2.46 bits per heavy atom. The Kier molecular flexibility index (Phi) is 6.74. The summed E-state index contributed by atoms with van der Waals surface area (Å²) in [6.45, 7) is 1.37. The number of likely N-dealkylation sites (tertiary alicyclic amines) is 1. The van der Waals surface area contributed by atoms with E-state index in [2.05, 4.69) is 5.32 Å². The summed E-state index contributed by atoms with van der Waals surface area (Å²) in [5, 5.41) is 2.80. The van der Waals surface area contributed by atoms with Gasteiger partial charge in [0, 0.05) is 13.1 Å². The molecule has 1 fully saturated rings. The lowest BCUT2D eigenvalue weighted by molar-refractivity contribution is -0.144. The van der Waals surface area contributed by atoms with E-state index < -0.39 is 17.9 Å². The van der Waals surface area contributed by atoms with Gasteiger partial charge in [0.1, 0.15) is 6.61 Å². The number of hydrogen-bond acceptors (Lipinski definition) is 5. The standard InChI is InChI=1S/C17H23N3O4/c18-15(21)10-14(17(23)20-8-4-5-9-20)19-11-16(22)24-12-13-6-2-1-3-7-13/h1-3,6-7,14,19H,4-5,8-12H2,(H2,18,21)/t14-/m0/s1. The van der Waals surface area contributed by atoms with Crippen molar-refractivity contribution in [3.05, 3.63) is 35.9 Å². The highest BCUT2D eigenvalue weighted by Gasteiger charge is 2.28. The van der Waals surface area contributed by atoms with E-state index in [1.54, 1.807) is 4.90 Å². The molecule has 0 unspecified atom stereocenters. The lowest BCUT2D eigenvalue weighted by Crippen LogP contribution is -2.48. The summed E-state index contributed by atoms with van der Waals surface area (Å²) < 4.78 is 5.15. The van der Waals surface area contributed by atoms with Crippen LogP contribution >= 0.6 is 0 Å². The van der Waals surface area contributed by atoms with Crippen LogP contribution in [0.3, 0.4) is 0 Å². The Hall–Kier alpha value is -2.41. The third-order valence-corrected chi connectivity index (χ3v) is 3.86. The van der Waals surface area contributed by atoms with Crippen molar-refractivity contribution in [2.45, 2.75) is 31.9 Å². The summed E-state index contributed by atoms with van der Waals surface area (Å²) in [6.07, 6.45) is 1.77. The van der Waals surface area contributed by atoms with Crippen molar-refractivity contribution in [1.29, 1.82) is 0 Å². The minimum Gasteiger partial charge on any atom is -0.460 e. The first-order valence-corrected chi connectivity index (χ1v) is 8.06. The monoisotopic (exact) mass is 333 g/mol. The van der Waals surface area contributed by atoms with E-state index in [1.807, 2.05) is 30.3 Å². The molecule has 1 aromatic carbocycles. The van der Waals surface area contributed by atoms with Crippen LogP contribution in [0, 0.1) is 0 Å². The maximum atomic E-state index is 12.4. The predicted octanol–water partition coefficient (Wildman–Crippen LogP) is 0.186. The summed E-state index contributed by atoms with van der Waals surface area (Å²) in [4.78, 5) is 37.1. The van der Waals surface area contributed by atoms with Crippen molar-refractivity contribution in [2.24, 2.45) is 5.73 Å². The van der Waals surface area contributed by atoms with Crippen LogP contribution in [0.2, 0.25) is 0 Å². The number of amides is 2. The Morgan fingerprint density at radius 2 is 1.83 bits per heavy atom. The second-order valence-electron chi connectivity index (χ2n) is 5.78. The van der Waals surface area contributed by atoms with E-state index in [4.69, 9.17) is 10.5 Å². The Balaban J connectivity index is 1.81. The summed E-state index contributed by atoms with van der Waals surface area (Å²) in [7, 11) is 0. The number of esters is 1. The molecule has 24 heavy (non-hydrogen) atoms. The zero-order valence-corrected chi connectivity index (χ0v) is 13.6. The first-order chi connectivity index (χ1) is 11.6. The largest absolute Gasteiger partial charge is 0.460 e.